The van der Waals surface area contributed by atoms with E-state index in [4.69, 9.17) is 4.74 Å². The van der Waals surface area contributed by atoms with Gasteiger partial charge in [-0.3, -0.25) is 4.31 Å². The fourth-order valence-electron chi connectivity index (χ4n) is 3.07. The van der Waals surface area contributed by atoms with Crippen molar-refractivity contribution in [3.05, 3.63) is 83.4 Å². The summed E-state index contributed by atoms with van der Waals surface area (Å²) in [5.74, 6) is -0.144. The summed E-state index contributed by atoms with van der Waals surface area (Å²) in [6.45, 7) is 3.63. The summed E-state index contributed by atoms with van der Waals surface area (Å²) in [5, 5.41) is 0. The molecule has 0 heterocycles. The van der Waals surface area contributed by atoms with Gasteiger partial charge in [-0.25, -0.2) is 13.2 Å². The van der Waals surface area contributed by atoms with Crippen LogP contribution in [0.4, 0.5) is 11.4 Å². The maximum Gasteiger partial charge on any atom is 0.343 e. The third-order valence-corrected chi connectivity index (χ3v) is 6.92. The van der Waals surface area contributed by atoms with Crippen LogP contribution in [0, 0.1) is 13.8 Å². The van der Waals surface area contributed by atoms with E-state index in [1.165, 1.54) is 11.4 Å². The number of benzene rings is 3. The highest BCUT2D eigenvalue weighted by atomic mass is 32.2. The molecule has 0 bridgehead atoms. The van der Waals surface area contributed by atoms with Gasteiger partial charge in [0.2, 0.25) is 0 Å². The molecule has 0 N–H and O–H groups in total. The smallest absolute Gasteiger partial charge is 0.343 e. The molecule has 3 rings (SSSR count). The number of aryl methyl sites for hydroxylation is 2. The van der Waals surface area contributed by atoms with Gasteiger partial charge in [0.1, 0.15) is 5.75 Å². The van der Waals surface area contributed by atoms with Crippen LogP contribution in [0.3, 0.4) is 0 Å². The van der Waals surface area contributed by atoms with Crippen molar-refractivity contribution in [3.63, 3.8) is 0 Å². The first-order chi connectivity index (χ1) is 14.6. The summed E-state index contributed by atoms with van der Waals surface area (Å²) in [7, 11) is 1.58. The van der Waals surface area contributed by atoms with Gasteiger partial charge < -0.3 is 9.64 Å². The van der Waals surface area contributed by atoms with Gasteiger partial charge in [0.05, 0.1) is 16.1 Å². The molecular formula is C24H26N2O4S. The molecule has 0 atom stereocenters. The number of anilines is 2. The second-order valence-corrected chi connectivity index (χ2v) is 9.51. The summed E-state index contributed by atoms with van der Waals surface area (Å²) in [5.41, 5.74) is 3.35. The van der Waals surface area contributed by atoms with E-state index in [1.807, 2.05) is 38.1 Å². The fourth-order valence-corrected chi connectivity index (χ4v) is 4.58. The number of ether oxygens (including phenoxy) is 1. The predicted octanol–water partition coefficient (Wildman–Crippen LogP) is 4.41. The van der Waals surface area contributed by atoms with Crippen LogP contribution in [0.15, 0.2) is 71.6 Å². The first-order valence-corrected chi connectivity index (χ1v) is 11.2. The number of hydrogen-bond acceptors (Lipinski definition) is 5. The molecule has 0 radical (unpaired) electrons. The Morgan fingerprint density at radius 3 is 2.16 bits per heavy atom. The van der Waals surface area contributed by atoms with E-state index in [-0.39, 0.29) is 4.90 Å². The minimum Gasteiger partial charge on any atom is -0.423 e. The van der Waals surface area contributed by atoms with Gasteiger partial charge >= 0.3 is 5.97 Å². The van der Waals surface area contributed by atoms with Crippen LogP contribution in [0.5, 0.6) is 5.75 Å². The van der Waals surface area contributed by atoms with Gasteiger partial charge in [-0.2, -0.15) is 0 Å². The maximum atomic E-state index is 13.1. The summed E-state index contributed by atoms with van der Waals surface area (Å²) in [6, 6.07) is 18.9. The minimum absolute atomic E-state index is 0.270. The second-order valence-electron chi connectivity index (χ2n) is 7.57. The molecule has 0 aromatic heterocycles. The van der Waals surface area contributed by atoms with Crippen molar-refractivity contribution in [2.75, 3.05) is 30.3 Å². The zero-order chi connectivity index (χ0) is 22.8. The van der Waals surface area contributed by atoms with E-state index in [9.17, 15) is 13.2 Å². The fraction of sp³-hybridized carbons (Fsp3) is 0.208. The number of nitrogens with zero attached hydrogens (tertiary/aromatic N) is 2. The Morgan fingerprint density at radius 1 is 0.839 bits per heavy atom. The summed E-state index contributed by atoms with van der Waals surface area (Å²) >= 11 is 0. The highest BCUT2D eigenvalue weighted by Gasteiger charge is 2.23. The van der Waals surface area contributed by atoms with E-state index >= 15 is 0 Å². The Balaban J connectivity index is 1.79. The molecule has 0 aliphatic rings. The van der Waals surface area contributed by atoms with Gasteiger partial charge in [0.15, 0.2) is 0 Å². The van der Waals surface area contributed by atoms with Crippen molar-refractivity contribution in [3.8, 4) is 5.75 Å². The molecular weight excluding hydrogens is 412 g/mol. The largest absolute Gasteiger partial charge is 0.423 e. The lowest BCUT2D eigenvalue weighted by atomic mass is 10.2. The molecule has 0 fully saturated rings. The van der Waals surface area contributed by atoms with Crippen LogP contribution in [-0.4, -0.2) is 35.5 Å². The van der Waals surface area contributed by atoms with Crippen molar-refractivity contribution in [1.29, 1.82) is 0 Å². The summed E-state index contributed by atoms with van der Waals surface area (Å²) in [4.78, 5) is 14.6. The van der Waals surface area contributed by atoms with E-state index < -0.39 is 16.0 Å². The number of esters is 1. The third-order valence-electron chi connectivity index (χ3n) is 4.99. The Kier molecular flexibility index (Phi) is 6.36. The molecule has 0 saturated carbocycles. The zero-order valence-electron chi connectivity index (χ0n) is 18.3. The van der Waals surface area contributed by atoms with Crippen molar-refractivity contribution >= 4 is 27.4 Å². The number of carbonyl (C=O) groups excluding carboxylic acids is 1. The average molecular weight is 439 g/mol. The van der Waals surface area contributed by atoms with Crippen molar-refractivity contribution < 1.29 is 17.9 Å². The summed E-state index contributed by atoms with van der Waals surface area (Å²) in [6.07, 6.45) is 0. The first-order valence-electron chi connectivity index (χ1n) is 9.75. The normalized spacial score (nSPS) is 11.1. The van der Waals surface area contributed by atoms with E-state index in [1.54, 1.807) is 61.5 Å². The van der Waals surface area contributed by atoms with Crippen LogP contribution >= 0.6 is 0 Å². The van der Waals surface area contributed by atoms with Gasteiger partial charge in [0, 0.05) is 26.8 Å². The molecule has 7 heteroatoms. The van der Waals surface area contributed by atoms with Gasteiger partial charge in [-0.1, -0.05) is 18.2 Å². The molecule has 3 aromatic rings. The van der Waals surface area contributed by atoms with E-state index in [2.05, 4.69) is 0 Å². The monoisotopic (exact) mass is 438 g/mol. The first kappa shape index (κ1) is 22.4. The Bertz CT molecular complexity index is 1200. The lowest BCUT2D eigenvalue weighted by Gasteiger charge is -2.21. The van der Waals surface area contributed by atoms with Crippen molar-refractivity contribution in [2.45, 2.75) is 18.7 Å². The van der Waals surface area contributed by atoms with Crippen LogP contribution in [-0.2, 0) is 10.0 Å². The van der Waals surface area contributed by atoms with Crippen molar-refractivity contribution in [1.82, 2.24) is 0 Å². The Labute approximate surface area is 183 Å². The number of hydrogen-bond donors (Lipinski definition) is 0. The molecule has 162 valence electrons. The highest BCUT2D eigenvalue weighted by molar-refractivity contribution is 7.92. The van der Waals surface area contributed by atoms with Gasteiger partial charge in [-0.15, -0.1) is 0 Å². The van der Waals surface area contributed by atoms with Crippen molar-refractivity contribution in [2.24, 2.45) is 0 Å². The Hall–Kier alpha value is -3.32. The molecule has 0 saturated heterocycles. The molecule has 3 aromatic carbocycles. The topological polar surface area (TPSA) is 66.9 Å². The lowest BCUT2D eigenvalue weighted by Crippen LogP contribution is -2.27. The highest BCUT2D eigenvalue weighted by Crippen LogP contribution is 2.27. The van der Waals surface area contributed by atoms with Crippen LogP contribution in [0.2, 0.25) is 0 Å². The SMILES string of the molecule is Cc1ccc(C)c(S(=O)(=O)N(C)c2ccc(OC(=O)c3cccc(N(C)C)c3)cc2)c1. The molecule has 0 aliphatic heterocycles. The number of carbonyl (C=O) groups is 1. The third kappa shape index (κ3) is 4.88. The molecule has 0 unspecified atom stereocenters. The lowest BCUT2D eigenvalue weighted by molar-refractivity contribution is 0.0735. The molecule has 0 amide bonds. The van der Waals surface area contributed by atoms with Crippen LogP contribution in [0.1, 0.15) is 21.5 Å². The molecule has 31 heavy (non-hydrogen) atoms. The molecule has 0 aliphatic carbocycles. The maximum absolute atomic E-state index is 13.1. The quantitative estimate of drug-likeness (QED) is 0.421. The van der Waals surface area contributed by atoms with Gasteiger partial charge in [-0.05, 0) is 73.5 Å². The van der Waals surface area contributed by atoms with E-state index in [0.717, 1.165) is 11.3 Å². The predicted molar refractivity (Wildman–Crippen MR) is 124 cm³/mol. The standard InChI is InChI=1S/C24H26N2O4S/c1-17-9-10-18(2)23(15-17)31(28,29)26(5)20-11-13-22(14-12-20)30-24(27)19-7-6-8-21(16-19)25(3)4/h6-16H,1-5H3. The van der Waals surface area contributed by atoms with Crippen LogP contribution in [0.25, 0.3) is 0 Å². The van der Waals surface area contributed by atoms with E-state index in [0.29, 0.717) is 22.6 Å². The van der Waals surface area contributed by atoms with Crippen LogP contribution < -0.4 is 13.9 Å². The van der Waals surface area contributed by atoms with Gasteiger partial charge in [0.25, 0.3) is 10.0 Å². The summed E-state index contributed by atoms with van der Waals surface area (Å²) < 4.78 is 32.8. The number of sulfonamides is 1. The molecule has 0 spiro atoms. The number of rotatable bonds is 6. The average Bonchev–Trinajstić information content (AvgIpc) is 2.75. The Morgan fingerprint density at radius 2 is 1.52 bits per heavy atom. The minimum atomic E-state index is -3.72. The second kappa shape index (κ2) is 8.81. The molecule has 6 nitrogen and oxygen atoms in total. The zero-order valence-corrected chi connectivity index (χ0v) is 19.1.